The van der Waals surface area contributed by atoms with Gasteiger partial charge in [0.05, 0.1) is 6.21 Å². The summed E-state index contributed by atoms with van der Waals surface area (Å²) in [6.45, 7) is 5.50. The van der Waals surface area contributed by atoms with Crippen LogP contribution in [0.5, 0.6) is 5.75 Å². The molecule has 0 radical (unpaired) electrons. The van der Waals surface area contributed by atoms with Gasteiger partial charge < -0.3 is 9.47 Å². The Morgan fingerprint density at radius 1 is 1.45 bits per heavy atom. The predicted molar refractivity (Wildman–Crippen MR) is 77.7 cm³/mol. The number of hydrogen-bond donors (Lipinski definition) is 1. The zero-order valence-corrected chi connectivity index (χ0v) is 11.8. The molecule has 1 amide bonds. The summed E-state index contributed by atoms with van der Waals surface area (Å²) < 4.78 is 10.4. The Balaban J connectivity index is 2.62. The van der Waals surface area contributed by atoms with Crippen LogP contribution in [0.2, 0.25) is 0 Å². The first kappa shape index (κ1) is 15.6. The summed E-state index contributed by atoms with van der Waals surface area (Å²) >= 11 is 0. The van der Waals surface area contributed by atoms with E-state index in [0.717, 1.165) is 0 Å². The molecule has 1 aromatic carbocycles. The SMILES string of the molecule is C#CCOc1ccccc1/C=N\NC(=O)OC(C)(C)C. The summed E-state index contributed by atoms with van der Waals surface area (Å²) in [5.74, 6) is 2.98. The van der Waals surface area contributed by atoms with Gasteiger partial charge in [0.15, 0.2) is 0 Å². The van der Waals surface area contributed by atoms with E-state index < -0.39 is 11.7 Å². The Labute approximate surface area is 119 Å². The minimum absolute atomic E-state index is 0.171. The molecule has 0 heterocycles. The van der Waals surface area contributed by atoms with Crippen molar-refractivity contribution in [1.82, 2.24) is 5.43 Å². The summed E-state index contributed by atoms with van der Waals surface area (Å²) in [6.07, 6.45) is 6.00. The van der Waals surface area contributed by atoms with Crippen LogP contribution in [0.3, 0.4) is 0 Å². The Morgan fingerprint density at radius 3 is 2.80 bits per heavy atom. The molecule has 0 unspecified atom stereocenters. The molecule has 0 aromatic heterocycles. The summed E-state index contributed by atoms with van der Waals surface area (Å²) in [7, 11) is 0. The lowest BCUT2D eigenvalue weighted by atomic mass is 10.2. The number of amides is 1. The van der Waals surface area contributed by atoms with Crippen molar-refractivity contribution in [2.45, 2.75) is 26.4 Å². The maximum absolute atomic E-state index is 11.4. The monoisotopic (exact) mass is 274 g/mol. The van der Waals surface area contributed by atoms with Crippen LogP contribution in [0, 0.1) is 12.3 Å². The van der Waals surface area contributed by atoms with E-state index in [1.54, 1.807) is 32.9 Å². The van der Waals surface area contributed by atoms with Gasteiger partial charge in [-0.15, -0.1) is 6.42 Å². The van der Waals surface area contributed by atoms with Gasteiger partial charge in [-0.05, 0) is 32.9 Å². The lowest BCUT2D eigenvalue weighted by molar-refractivity contribution is 0.0529. The molecular formula is C15H18N2O3. The average molecular weight is 274 g/mol. The maximum atomic E-state index is 11.4. The predicted octanol–water partition coefficient (Wildman–Crippen LogP) is 2.56. The van der Waals surface area contributed by atoms with Crippen molar-refractivity contribution in [3.8, 4) is 18.1 Å². The van der Waals surface area contributed by atoms with Crippen molar-refractivity contribution in [1.29, 1.82) is 0 Å². The van der Waals surface area contributed by atoms with Crippen molar-refractivity contribution in [3.05, 3.63) is 29.8 Å². The normalized spacial score (nSPS) is 10.9. The van der Waals surface area contributed by atoms with Crippen LogP contribution >= 0.6 is 0 Å². The highest BCUT2D eigenvalue weighted by Crippen LogP contribution is 2.15. The average Bonchev–Trinajstić information content (AvgIpc) is 2.35. The van der Waals surface area contributed by atoms with Crippen LogP contribution in [0.1, 0.15) is 26.3 Å². The molecule has 0 bridgehead atoms. The highest BCUT2D eigenvalue weighted by molar-refractivity contribution is 5.84. The van der Waals surface area contributed by atoms with Gasteiger partial charge in [0.2, 0.25) is 0 Å². The molecular weight excluding hydrogens is 256 g/mol. The second-order valence-corrected chi connectivity index (χ2v) is 4.90. The number of ether oxygens (including phenoxy) is 2. The third-order valence-corrected chi connectivity index (χ3v) is 1.99. The van der Waals surface area contributed by atoms with E-state index in [1.807, 2.05) is 12.1 Å². The molecule has 0 aliphatic rings. The number of terminal acetylenes is 1. The summed E-state index contributed by atoms with van der Waals surface area (Å²) in [6, 6.07) is 7.22. The lowest BCUT2D eigenvalue weighted by Crippen LogP contribution is -2.29. The Hall–Kier alpha value is -2.48. The fraction of sp³-hybridized carbons (Fsp3) is 0.333. The number of hydrazone groups is 1. The zero-order valence-electron chi connectivity index (χ0n) is 11.8. The molecule has 20 heavy (non-hydrogen) atoms. The number of carbonyl (C=O) groups is 1. The molecule has 0 atom stereocenters. The van der Waals surface area contributed by atoms with E-state index in [0.29, 0.717) is 11.3 Å². The fourth-order valence-corrected chi connectivity index (χ4v) is 1.29. The number of benzene rings is 1. The highest BCUT2D eigenvalue weighted by Gasteiger charge is 2.15. The van der Waals surface area contributed by atoms with E-state index in [9.17, 15) is 4.79 Å². The summed E-state index contributed by atoms with van der Waals surface area (Å²) in [5.41, 5.74) is 2.43. The number of nitrogens with zero attached hydrogens (tertiary/aromatic N) is 1. The molecule has 0 aliphatic carbocycles. The molecule has 1 N–H and O–H groups in total. The molecule has 106 valence electrons. The molecule has 1 aromatic rings. The van der Waals surface area contributed by atoms with Crippen molar-refractivity contribution in [2.75, 3.05) is 6.61 Å². The van der Waals surface area contributed by atoms with Crippen LogP contribution < -0.4 is 10.2 Å². The van der Waals surface area contributed by atoms with Crippen LogP contribution in [-0.2, 0) is 4.74 Å². The minimum Gasteiger partial charge on any atom is -0.480 e. The first-order chi connectivity index (χ1) is 9.42. The van der Waals surface area contributed by atoms with Gasteiger partial charge in [-0.1, -0.05) is 18.1 Å². The summed E-state index contributed by atoms with van der Waals surface area (Å²) in [5, 5.41) is 3.81. The van der Waals surface area contributed by atoms with E-state index in [-0.39, 0.29) is 6.61 Å². The molecule has 1 rings (SSSR count). The van der Waals surface area contributed by atoms with E-state index in [4.69, 9.17) is 15.9 Å². The van der Waals surface area contributed by atoms with Crippen molar-refractivity contribution in [2.24, 2.45) is 5.10 Å². The van der Waals surface area contributed by atoms with Gasteiger partial charge in [0.1, 0.15) is 18.0 Å². The number of carbonyl (C=O) groups excluding carboxylic acids is 1. The van der Waals surface area contributed by atoms with Gasteiger partial charge in [0, 0.05) is 5.56 Å². The number of hydrogen-bond acceptors (Lipinski definition) is 4. The van der Waals surface area contributed by atoms with Gasteiger partial charge in [-0.25, -0.2) is 10.2 Å². The van der Waals surface area contributed by atoms with Crippen molar-refractivity contribution >= 4 is 12.3 Å². The minimum atomic E-state index is -0.615. The first-order valence-corrected chi connectivity index (χ1v) is 6.10. The van der Waals surface area contributed by atoms with Crippen LogP contribution in [0.4, 0.5) is 4.79 Å². The van der Waals surface area contributed by atoms with Crippen LogP contribution in [0.15, 0.2) is 29.4 Å². The van der Waals surface area contributed by atoms with E-state index in [2.05, 4.69) is 16.4 Å². The Bertz CT molecular complexity index is 525. The Morgan fingerprint density at radius 2 is 2.15 bits per heavy atom. The molecule has 5 nitrogen and oxygen atoms in total. The van der Waals surface area contributed by atoms with Crippen molar-refractivity contribution in [3.63, 3.8) is 0 Å². The second kappa shape index (κ2) is 7.19. The molecule has 0 spiro atoms. The standard InChI is InChI=1S/C15H18N2O3/c1-5-10-19-13-9-7-6-8-12(13)11-16-17-14(18)20-15(2,3)4/h1,6-9,11H,10H2,2-4H3,(H,17,18)/b16-11-. The highest BCUT2D eigenvalue weighted by atomic mass is 16.6. The largest absolute Gasteiger partial charge is 0.480 e. The Kier molecular flexibility index (Phi) is 5.60. The fourth-order valence-electron chi connectivity index (χ4n) is 1.29. The number of rotatable bonds is 4. The van der Waals surface area contributed by atoms with Gasteiger partial charge in [0.25, 0.3) is 0 Å². The van der Waals surface area contributed by atoms with Gasteiger partial charge >= 0.3 is 6.09 Å². The molecule has 0 fully saturated rings. The molecule has 0 saturated heterocycles. The summed E-state index contributed by atoms with van der Waals surface area (Å²) in [4.78, 5) is 11.4. The number of nitrogens with one attached hydrogen (secondary N) is 1. The van der Waals surface area contributed by atoms with E-state index in [1.165, 1.54) is 6.21 Å². The van der Waals surface area contributed by atoms with Crippen LogP contribution in [-0.4, -0.2) is 24.5 Å². The topological polar surface area (TPSA) is 59.9 Å². The third kappa shape index (κ3) is 5.91. The second-order valence-electron chi connectivity index (χ2n) is 4.90. The molecule has 5 heteroatoms. The van der Waals surface area contributed by atoms with E-state index >= 15 is 0 Å². The third-order valence-electron chi connectivity index (χ3n) is 1.99. The first-order valence-electron chi connectivity index (χ1n) is 6.10. The number of para-hydroxylation sites is 1. The maximum Gasteiger partial charge on any atom is 0.428 e. The lowest BCUT2D eigenvalue weighted by Gasteiger charge is -2.18. The van der Waals surface area contributed by atoms with Crippen LogP contribution in [0.25, 0.3) is 0 Å². The van der Waals surface area contributed by atoms with Gasteiger partial charge in [-0.2, -0.15) is 5.10 Å². The smallest absolute Gasteiger partial charge is 0.428 e. The van der Waals surface area contributed by atoms with Crippen molar-refractivity contribution < 1.29 is 14.3 Å². The zero-order chi connectivity index (χ0) is 15.0. The molecule has 0 saturated carbocycles. The molecule has 0 aliphatic heterocycles. The quantitative estimate of drug-likeness (QED) is 0.521. The van der Waals surface area contributed by atoms with Gasteiger partial charge in [-0.3, -0.25) is 0 Å².